The lowest BCUT2D eigenvalue weighted by atomic mass is 9.69. The summed E-state index contributed by atoms with van der Waals surface area (Å²) in [6.07, 6.45) is 1.28. The van der Waals surface area contributed by atoms with Gasteiger partial charge in [0.25, 0.3) is 0 Å². The molecule has 5 atom stereocenters. The Kier molecular flexibility index (Phi) is 6.22. The lowest BCUT2D eigenvalue weighted by Gasteiger charge is -2.41. The second kappa shape index (κ2) is 9.33. The van der Waals surface area contributed by atoms with Crippen LogP contribution in [0.15, 0.2) is 36.4 Å². The monoisotopic (exact) mass is 568 g/mol. The number of hydrogen-bond donors (Lipinski definition) is 4. The van der Waals surface area contributed by atoms with Crippen molar-refractivity contribution in [3.8, 4) is 29.4 Å². The Morgan fingerprint density at radius 3 is 2.39 bits per heavy atom. The summed E-state index contributed by atoms with van der Waals surface area (Å²) in [5.41, 5.74) is 4.41. The summed E-state index contributed by atoms with van der Waals surface area (Å²) in [5.74, 6) is 10.6. The van der Waals surface area contributed by atoms with Crippen molar-refractivity contribution in [1.29, 1.82) is 0 Å². The Bertz CT molecular complexity index is 1660. The molecule has 4 aliphatic rings. The van der Waals surface area contributed by atoms with E-state index in [1.54, 1.807) is 18.2 Å². The van der Waals surface area contributed by atoms with Crippen molar-refractivity contribution in [2.45, 2.75) is 75.3 Å². The highest BCUT2D eigenvalue weighted by molar-refractivity contribution is 6.73. The molecule has 5 N–H and O–H groups in total. The van der Waals surface area contributed by atoms with E-state index in [2.05, 4.69) is 49.8 Å². The summed E-state index contributed by atoms with van der Waals surface area (Å²) in [5, 5.41) is 26.4. The first-order chi connectivity index (χ1) is 19.6. The Morgan fingerprint density at radius 2 is 1.71 bits per heavy atom. The first-order valence-corrected chi connectivity index (χ1v) is 16.5. The molecule has 1 unspecified atom stereocenters. The van der Waals surface area contributed by atoms with E-state index in [-0.39, 0.29) is 33.7 Å². The smallest absolute Gasteiger partial charge is 0.198 e. The summed E-state index contributed by atoms with van der Waals surface area (Å²) in [6.45, 7) is 8.34. The molecule has 0 amide bonds. The van der Waals surface area contributed by atoms with Gasteiger partial charge in [-0.25, -0.2) is 0 Å². The summed E-state index contributed by atoms with van der Waals surface area (Å²) in [6, 6.07) is 7.92. The average molecular weight is 569 g/mol. The van der Waals surface area contributed by atoms with Gasteiger partial charge in [-0.3, -0.25) is 9.59 Å². The third-order valence-electron chi connectivity index (χ3n) is 9.33. The standard InChI is InChI=1S/C32H32N2O6Si/c1-5-41(6-2,7-3)39-18(4)31-24-12-10-8-9-11-13-25(36)32(31,40-31)22-17-23(35)26-27(28(22)34-24)29(37)20-15-14-19(33)16-21(20)30(26)38/h8-9,14-18,24-25,34-36H,5-7,33H2,1-4H3/b9-8-/t18-,24?,25-,31+,32+/m1/s1. The number of aliphatic hydroxyl groups is 1. The first kappa shape index (κ1) is 27.3. The molecular formula is C32H32N2O6Si. The van der Waals surface area contributed by atoms with E-state index >= 15 is 0 Å². The lowest BCUT2D eigenvalue weighted by molar-refractivity contribution is 0.0966. The van der Waals surface area contributed by atoms with E-state index in [1.165, 1.54) is 18.2 Å². The lowest BCUT2D eigenvalue weighted by Crippen LogP contribution is -2.57. The molecule has 0 saturated carbocycles. The number of aliphatic hydroxyl groups excluding tert-OH is 1. The van der Waals surface area contributed by atoms with Crippen molar-refractivity contribution < 1.29 is 29.0 Å². The number of nitrogens with two attached hydrogens (primary N) is 1. The Morgan fingerprint density at radius 1 is 1.05 bits per heavy atom. The van der Waals surface area contributed by atoms with Crippen LogP contribution in [-0.4, -0.2) is 53.9 Å². The van der Waals surface area contributed by atoms with Crippen LogP contribution in [0.1, 0.15) is 65.1 Å². The highest BCUT2D eigenvalue weighted by Crippen LogP contribution is 2.68. The second-order valence-corrected chi connectivity index (χ2v) is 15.8. The predicted octanol–water partition coefficient (Wildman–Crippen LogP) is 3.86. The average Bonchev–Trinajstić information content (AvgIpc) is 3.70. The molecule has 41 heavy (non-hydrogen) atoms. The van der Waals surface area contributed by atoms with Gasteiger partial charge in [-0.05, 0) is 61.5 Å². The number of anilines is 2. The van der Waals surface area contributed by atoms with Gasteiger partial charge in [0, 0.05) is 22.4 Å². The van der Waals surface area contributed by atoms with E-state index < -0.39 is 49.3 Å². The summed E-state index contributed by atoms with van der Waals surface area (Å²) in [7, 11) is -2.15. The highest BCUT2D eigenvalue weighted by atomic mass is 28.4. The van der Waals surface area contributed by atoms with Crippen LogP contribution in [-0.2, 0) is 14.8 Å². The molecule has 2 heterocycles. The van der Waals surface area contributed by atoms with Crippen LogP contribution in [0, 0.1) is 23.7 Å². The zero-order chi connectivity index (χ0) is 29.3. The van der Waals surface area contributed by atoms with Crippen LogP contribution in [0.3, 0.4) is 0 Å². The molecule has 0 aromatic heterocycles. The van der Waals surface area contributed by atoms with Gasteiger partial charge in [0.05, 0.1) is 22.9 Å². The van der Waals surface area contributed by atoms with E-state index in [0.29, 0.717) is 11.3 Å². The van der Waals surface area contributed by atoms with Gasteiger partial charge in [0.2, 0.25) is 0 Å². The SMILES string of the molecule is CC[Si](CC)(CC)O[C@H](C)[C@@]12O[C@]13c1cc(O)c4c(c1NC2C#C/C=C\C#C[C@H]3O)C(=O)c1ccc(N)cc1C4=O. The number of hydrogen-bond acceptors (Lipinski definition) is 8. The van der Waals surface area contributed by atoms with Gasteiger partial charge in [0.15, 0.2) is 37.2 Å². The third kappa shape index (κ3) is 3.54. The maximum Gasteiger partial charge on any atom is 0.198 e. The minimum absolute atomic E-state index is 0.0123. The molecule has 2 bridgehead atoms. The molecule has 9 heteroatoms. The number of epoxide rings is 1. The molecule has 8 nitrogen and oxygen atoms in total. The summed E-state index contributed by atoms with van der Waals surface area (Å²) < 4.78 is 13.6. The number of aromatic hydroxyl groups is 1. The van der Waals surface area contributed by atoms with Crippen molar-refractivity contribution in [3.05, 3.63) is 64.2 Å². The number of allylic oxidation sites excluding steroid dienone is 2. The fourth-order valence-electron chi connectivity index (χ4n) is 6.90. The maximum absolute atomic E-state index is 14.0. The highest BCUT2D eigenvalue weighted by Gasteiger charge is 2.82. The Balaban J connectivity index is 1.60. The quantitative estimate of drug-likeness (QED) is 0.116. The van der Waals surface area contributed by atoms with Crippen molar-refractivity contribution in [2.24, 2.45) is 0 Å². The summed E-state index contributed by atoms with van der Waals surface area (Å²) in [4.78, 5) is 27.6. The molecule has 6 rings (SSSR count). The number of phenols is 1. The number of phenolic OH excluding ortho intramolecular Hbond substituents is 1. The van der Waals surface area contributed by atoms with Crippen LogP contribution in [0.5, 0.6) is 5.75 Å². The molecule has 2 aromatic carbocycles. The Hall–Kier alpha value is -3.86. The molecule has 210 valence electrons. The van der Waals surface area contributed by atoms with E-state index in [9.17, 15) is 19.8 Å². The number of nitrogens with one attached hydrogen (secondary N) is 1. The fraction of sp³-hybridized carbons (Fsp3) is 0.375. The molecular weight excluding hydrogens is 536 g/mol. The Labute approximate surface area is 240 Å². The maximum atomic E-state index is 14.0. The van der Waals surface area contributed by atoms with Crippen molar-refractivity contribution in [2.75, 3.05) is 11.1 Å². The third-order valence-corrected chi connectivity index (χ3v) is 14.0. The van der Waals surface area contributed by atoms with Gasteiger partial charge in [-0.2, -0.15) is 0 Å². The zero-order valence-corrected chi connectivity index (χ0v) is 24.4. The van der Waals surface area contributed by atoms with Crippen LogP contribution in [0.4, 0.5) is 11.4 Å². The minimum Gasteiger partial charge on any atom is -0.507 e. The molecule has 2 aromatic rings. The number of carbonyl (C=O) groups excluding carboxylic acids is 2. The number of ketones is 2. The van der Waals surface area contributed by atoms with Crippen LogP contribution >= 0.6 is 0 Å². The molecule has 1 fully saturated rings. The van der Waals surface area contributed by atoms with Crippen LogP contribution < -0.4 is 11.1 Å². The van der Waals surface area contributed by atoms with Crippen LogP contribution in [0.2, 0.25) is 18.1 Å². The van der Waals surface area contributed by atoms with Gasteiger partial charge < -0.3 is 30.4 Å². The van der Waals surface area contributed by atoms with Gasteiger partial charge in [0.1, 0.15) is 11.8 Å². The number of ether oxygens (including phenoxy) is 1. The normalized spacial score (nSPS) is 28.2. The topological polar surface area (TPSA) is 134 Å². The number of nitrogen functional groups attached to an aromatic ring is 1. The van der Waals surface area contributed by atoms with E-state index in [1.807, 2.05) is 6.92 Å². The largest absolute Gasteiger partial charge is 0.507 e. The number of fused-ring (bicyclic) bond motifs is 4. The van der Waals surface area contributed by atoms with Crippen molar-refractivity contribution >= 4 is 31.3 Å². The van der Waals surface area contributed by atoms with Crippen molar-refractivity contribution in [1.82, 2.24) is 0 Å². The van der Waals surface area contributed by atoms with E-state index in [4.69, 9.17) is 14.9 Å². The first-order valence-electron chi connectivity index (χ1n) is 14.0. The van der Waals surface area contributed by atoms with Crippen LogP contribution in [0.25, 0.3) is 0 Å². The van der Waals surface area contributed by atoms with Gasteiger partial charge in [-0.15, -0.1) is 0 Å². The molecule has 1 saturated heterocycles. The van der Waals surface area contributed by atoms with E-state index in [0.717, 1.165) is 18.1 Å². The molecule has 2 aliphatic heterocycles. The predicted molar refractivity (Wildman–Crippen MR) is 157 cm³/mol. The zero-order valence-electron chi connectivity index (χ0n) is 23.4. The minimum atomic E-state index is -2.15. The summed E-state index contributed by atoms with van der Waals surface area (Å²) >= 11 is 0. The van der Waals surface area contributed by atoms with Crippen molar-refractivity contribution in [3.63, 3.8) is 0 Å². The van der Waals surface area contributed by atoms with Gasteiger partial charge >= 0.3 is 0 Å². The molecule has 0 radical (unpaired) electrons. The second-order valence-electron chi connectivity index (χ2n) is 11.1. The number of rotatable bonds is 6. The number of carbonyl (C=O) groups is 2. The molecule has 0 spiro atoms. The fourth-order valence-corrected chi connectivity index (χ4v) is 9.83. The van der Waals surface area contributed by atoms with Gasteiger partial charge in [-0.1, -0.05) is 44.5 Å². The number of benzene rings is 2. The molecule has 2 aliphatic carbocycles.